The molecule has 0 saturated carbocycles. The second kappa shape index (κ2) is 7.23. The smallest absolute Gasteiger partial charge is 0.359 e. The summed E-state index contributed by atoms with van der Waals surface area (Å²) >= 11 is 0. The largest absolute Gasteiger partial charge is 0.461 e. The molecule has 4 heteroatoms. The number of benzene rings is 2. The zero-order chi connectivity index (χ0) is 18.8. The van der Waals surface area contributed by atoms with E-state index in [1.54, 1.807) is 0 Å². The number of esters is 1. The third-order valence-corrected chi connectivity index (χ3v) is 4.79. The summed E-state index contributed by atoms with van der Waals surface area (Å²) in [7, 11) is 0. The molecule has 1 aromatic heterocycles. The number of hydrogen-bond donors (Lipinski definition) is 0. The fourth-order valence-electron chi connectivity index (χ4n) is 3.60. The zero-order valence-electron chi connectivity index (χ0n) is 15.6. The molecule has 4 nitrogen and oxygen atoms in total. The van der Waals surface area contributed by atoms with Crippen LogP contribution in [-0.4, -0.2) is 22.4 Å². The molecule has 3 aromatic rings. The monoisotopic (exact) mass is 358 g/mol. The van der Waals surface area contributed by atoms with Gasteiger partial charge in [-0.05, 0) is 61.6 Å². The van der Waals surface area contributed by atoms with Crippen molar-refractivity contribution in [1.29, 1.82) is 0 Å². The summed E-state index contributed by atoms with van der Waals surface area (Å²) in [6.07, 6.45) is 3.88. The van der Waals surface area contributed by atoms with Crippen LogP contribution in [0.4, 0.5) is 0 Å². The van der Waals surface area contributed by atoms with Crippen LogP contribution >= 0.6 is 0 Å². The van der Waals surface area contributed by atoms with Crippen molar-refractivity contribution in [2.45, 2.75) is 26.7 Å². The van der Waals surface area contributed by atoms with Gasteiger partial charge >= 0.3 is 5.97 Å². The summed E-state index contributed by atoms with van der Waals surface area (Å²) < 4.78 is 7.14. The van der Waals surface area contributed by atoms with Crippen LogP contribution in [0.3, 0.4) is 0 Å². The molecular weight excluding hydrogens is 336 g/mol. The highest BCUT2D eigenvalue weighted by molar-refractivity contribution is 5.94. The fraction of sp³-hybridized carbons (Fsp3) is 0.217. The number of aryl methyl sites for hydroxylation is 1. The summed E-state index contributed by atoms with van der Waals surface area (Å²) in [5, 5.41) is 4.65. The number of rotatable bonds is 4. The molecule has 1 aliphatic carbocycles. The topological polar surface area (TPSA) is 44.1 Å². The lowest BCUT2D eigenvalue weighted by molar-refractivity contribution is 0.0517. The Labute approximate surface area is 159 Å². The highest BCUT2D eigenvalue weighted by Crippen LogP contribution is 2.37. The normalized spacial score (nSPS) is 14.4. The van der Waals surface area contributed by atoms with E-state index in [2.05, 4.69) is 42.4 Å². The third-order valence-electron chi connectivity index (χ3n) is 4.79. The first-order chi connectivity index (χ1) is 13.2. The molecule has 27 heavy (non-hydrogen) atoms. The Balaban J connectivity index is 1.88. The standard InChI is InChI=1S/C23H22N2O2/c1-3-27-23(26)21-20-13-12-18(15-17-9-5-4-6-10-17)22(20)25(24-21)19-11-7-8-16(2)14-19/h4-11,14-15H,3,12-13H2,1-2H3/b18-15+. The minimum absolute atomic E-state index is 0.345. The maximum absolute atomic E-state index is 12.5. The van der Waals surface area contributed by atoms with E-state index in [0.717, 1.165) is 40.9 Å². The fourth-order valence-corrected chi connectivity index (χ4v) is 3.60. The third kappa shape index (κ3) is 3.31. The van der Waals surface area contributed by atoms with E-state index < -0.39 is 0 Å². The number of fused-ring (bicyclic) bond motifs is 1. The molecule has 0 N–H and O–H groups in total. The van der Waals surface area contributed by atoms with Crippen LogP contribution in [0.2, 0.25) is 0 Å². The average molecular weight is 358 g/mol. The van der Waals surface area contributed by atoms with Crippen molar-refractivity contribution < 1.29 is 9.53 Å². The molecule has 1 aliphatic rings. The van der Waals surface area contributed by atoms with Crippen molar-refractivity contribution in [2.24, 2.45) is 0 Å². The van der Waals surface area contributed by atoms with Crippen LogP contribution in [0.5, 0.6) is 0 Å². The number of aromatic nitrogens is 2. The van der Waals surface area contributed by atoms with Gasteiger partial charge in [0.25, 0.3) is 0 Å². The van der Waals surface area contributed by atoms with Gasteiger partial charge in [-0.2, -0.15) is 5.10 Å². The van der Waals surface area contributed by atoms with Crippen LogP contribution in [0.15, 0.2) is 54.6 Å². The Kier molecular flexibility index (Phi) is 4.63. The lowest BCUT2D eigenvalue weighted by Gasteiger charge is -2.09. The maximum Gasteiger partial charge on any atom is 0.359 e. The number of ether oxygens (including phenoxy) is 1. The first-order valence-electron chi connectivity index (χ1n) is 9.29. The molecule has 136 valence electrons. The van der Waals surface area contributed by atoms with Crippen molar-refractivity contribution in [3.63, 3.8) is 0 Å². The molecule has 0 fully saturated rings. The van der Waals surface area contributed by atoms with E-state index in [-0.39, 0.29) is 5.97 Å². The van der Waals surface area contributed by atoms with E-state index in [1.807, 2.05) is 41.9 Å². The van der Waals surface area contributed by atoms with Gasteiger partial charge in [0.1, 0.15) is 0 Å². The molecule has 0 aliphatic heterocycles. The van der Waals surface area contributed by atoms with Crippen molar-refractivity contribution in [3.05, 3.63) is 82.7 Å². The second-order valence-corrected chi connectivity index (χ2v) is 6.73. The molecule has 0 atom stereocenters. The quantitative estimate of drug-likeness (QED) is 0.627. The summed E-state index contributed by atoms with van der Waals surface area (Å²) in [5.41, 5.74) is 6.90. The molecule has 0 amide bonds. The van der Waals surface area contributed by atoms with Gasteiger partial charge in [0, 0.05) is 5.56 Å². The van der Waals surface area contributed by atoms with E-state index in [4.69, 9.17) is 4.74 Å². The Morgan fingerprint density at radius 3 is 2.70 bits per heavy atom. The minimum Gasteiger partial charge on any atom is -0.461 e. The van der Waals surface area contributed by atoms with Crippen molar-refractivity contribution in [1.82, 2.24) is 9.78 Å². The van der Waals surface area contributed by atoms with E-state index in [1.165, 1.54) is 5.57 Å². The molecule has 1 heterocycles. The van der Waals surface area contributed by atoms with Crippen LogP contribution in [0.1, 0.15) is 46.2 Å². The Morgan fingerprint density at radius 1 is 1.15 bits per heavy atom. The van der Waals surface area contributed by atoms with E-state index in [9.17, 15) is 4.79 Å². The highest BCUT2D eigenvalue weighted by atomic mass is 16.5. The van der Waals surface area contributed by atoms with Crippen LogP contribution in [0, 0.1) is 6.92 Å². The van der Waals surface area contributed by atoms with Gasteiger partial charge in [0.05, 0.1) is 18.0 Å². The van der Waals surface area contributed by atoms with Gasteiger partial charge in [-0.25, -0.2) is 9.48 Å². The average Bonchev–Trinajstić information content (AvgIpc) is 3.24. The molecule has 0 bridgehead atoms. The molecule has 0 unspecified atom stereocenters. The number of carbonyl (C=O) groups excluding carboxylic acids is 1. The van der Waals surface area contributed by atoms with Crippen LogP contribution in [0.25, 0.3) is 17.3 Å². The SMILES string of the molecule is CCOC(=O)c1nn(-c2cccc(C)c2)c2c1CC/C2=C\c1ccccc1. The number of carbonyl (C=O) groups is 1. The lowest BCUT2D eigenvalue weighted by atomic mass is 10.1. The maximum atomic E-state index is 12.5. The second-order valence-electron chi connectivity index (χ2n) is 6.73. The Morgan fingerprint density at radius 2 is 1.96 bits per heavy atom. The van der Waals surface area contributed by atoms with Crippen molar-refractivity contribution >= 4 is 17.6 Å². The van der Waals surface area contributed by atoms with Crippen molar-refractivity contribution in [3.8, 4) is 5.69 Å². The predicted octanol–water partition coefficient (Wildman–Crippen LogP) is 4.84. The number of hydrogen-bond acceptors (Lipinski definition) is 3. The first-order valence-corrected chi connectivity index (χ1v) is 9.29. The summed E-state index contributed by atoms with van der Waals surface area (Å²) in [6.45, 7) is 4.22. The summed E-state index contributed by atoms with van der Waals surface area (Å²) in [4.78, 5) is 12.5. The molecule has 0 saturated heterocycles. The Bertz CT molecular complexity index is 1020. The van der Waals surface area contributed by atoms with Gasteiger partial charge in [-0.15, -0.1) is 0 Å². The number of nitrogens with zero attached hydrogens (tertiary/aromatic N) is 2. The predicted molar refractivity (Wildman–Crippen MR) is 107 cm³/mol. The van der Waals surface area contributed by atoms with Gasteiger partial charge < -0.3 is 4.74 Å². The van der Waals surface area contributed by atoms with Gasteiger partial charge in [0.15, 0.2) is 5.69 Å². The lowest BCUT2D eigenvalue weighted by Crippen LogP contribution is -2.09. The molecular formula is C23H22N2O2. The summed E-state index contributed by atoms with van der Waals surface area (Å²) in [6, 6.07) is 18.4. The molecule has 0 spiro atoms. The van der Waals surface area contributed by atoms with Gasteiger partial charge in [0.2, 0.25) is 0 Å². The van der Waals surface area contributed by atoms with Gasteiger partial charge in [-0.3, -0.25) is 0 Å². The van der Waals surface area contributed by atoms with Crippen molar-refractivity contribution in [2.75, 3.05) is 6.61 Å². The molecule has 2 aromatic carbocycles. The van der Waals surface area contributed by atoms with E-state index in [0.29, 0.717) is 12.3 Å². The van der Waals surface area contributed by atoms with Crippen LogP contribution in [-0.2, 0) is 11.2 Å². The number of allylic oxidation sites excluding steroid dienone is 1. The van der Waals surface area contributed by atoms with E-state index >= 15 is 0 Å². The molecule has 0 radical (unpaired) electrons. The zero-order valence-corrected chi connectivity index (χ0v) is 15.6. The van der Waals surface area contributed by atoms with Gasteiger partial charge in [-0.1, -0.05) is 42.5 Å². The van der Waals surface area contributed by atoms with Crippen LogP contribution < -0.4 is 0 Å². The first kappa shape index (κ1) is 17.3. The minimum atomic E-state index is -0.346. The summed E-state index contributed by atoms with van der Waals surface area (Å²) in [5.74, 6) is -0.346. The Hall–Kier alpha value is -3.14. The molecule has 4 rings (SSSR count). The highest BCUT2D eigenvalue weighted by Gasteiger charge is 2.30.